The minimum atomic E-state index is -3.68. The Morgan fingerprint density at radius 3 is 2.36 bits per heavy atom. The van der Waals surface area contributed by atoms with Crippen LogP contribution in [-0.2, 0) is 14.8 Å². The lowest BCUT2D eigenvalue weighted by Gasteiger charge is -2.25. The molecule has 0 aliphatic carbocycles. The first-order chi connectivity index (χ1) is 10.0. The predicted octanol–water partition coefficient (Wildman–Crippen LogP) is 2.92. The highest BCUT2D eigenvalue weighted by Crippen LogP contribution is 2.33. The second kappa shape index (κ2) is 7.53. The van der Waals surface area contributed by atoms with Crippen LogP contribution in [0.25, 0.3) is 0 Å². The second-order valence-electron chi connectivity index (χ2n) is 5.44. The molecule has 0 radical (unpaired) electrons. The van der Waals surface area contributed by atoms with Crippen molar-refractivity contribution in [2.75, 3.05) is 17.1 Å². The highest BCUT2D eigenvalue weighted by Gasteiger charge is 2.24. The fourth-order valence-electron chi connectivity index (χ4n) is 1.66. The lowest BCUT2D eigenvalue weighted by atomic mass is 10.1. The van der Waals surface area contributed by atoms with Crippen LogP contribution >= 0.6 is 23.2 Å². The number of carbonyl (C=O) groups is 1. The molecule has 0 aromatic heterocycles. The van der Waals surface area contributed by atoms with Gasteiger partial charge in [-0.05, 0) is 25.0 Å². The van der Waals surface area contributed by atoms with E-state index in [2.05, 4.69) is 5.32 Å². The van der Waals surface area contributed by atoms with Crippen LogP contribution in [-0.4, -0.2) is 33.2 Å². The van der Waals surface area contributed by atoms with Crippen molar-refractivity contribution in [2.45, 2.75) is 26.8 Å². The Bertz CT molecular complexity index is 647. The molecule has 5 nitrogen and oxygen atoms in total. The minimum absolute atomic E-state index is 0.0660. The van der Waals surface area contributed by atoms with Crippen LogP contribution in [0.1, 0.15) is 20.8 Å². The quantitative estimate of drug-likeness (QED) is 0.841. The van der Waals surface area contributed by atoms with Gasteiger partial charge >= 0.3 is 0 Å². The van der Waals surface area contributed by atoms with Crippen molar-refractivity contribution in [3.63, 3.8) is 0 Å². The monoisotopic (exact) mass is 366 g/mol. The van der Waals surface area contributed by atoms with Gasteiger partial charge in [-0.2, -0.15) is 0 Å². The second-order valence-corrected chi connectivity index (χ2v) is 8.13. The van der Waals surface area contributed by atoms with Gasteiger partial charge in [0.05, 0.1) is 22.0 Å². The van der Waals surface area contributed by atoms with Crippen LogP contribution in [0.2, 0.25) is 10.0 Å². The molecule has 0 aliphatic rings. The van der Waals surface area contributed by atoms with Gasteiger partial charge in [-0.1, -0.05) is 43.1 Å². The summed E-state index contributed by atoms with van der Waals surface area (Å²) in [6, 6.07) is 4.57. The van der Waals surface area contributed by atoms with Gasteiger partial charge in [0.2, 0.25) is 15.9 Å². The van der Waals surface area contributed by atoms with E-state index >= 15 is 0 Å². The zero-order valence-corrected chi connectivity index (χ0v) is 15.3. The Morgan fingerprint density at radius 1 is 1.27 bits per heavy atom. The summed E-state index contributed by atoms with van der Waals surface area (Å²) in [5.74, 6) is -0.159. The summed E-state index contributed by atoms with van der Waals surface area (Å²) in [5, 5.41) is 3.09. The number of anilines is 1. The largest absolute Gasteiger partial charge is 0.352 e. The average Bonchev–Trinajstić information content (AvgIpc) is 2.38. The summed E-state index contributed by atoms with van der Waals surface area (Å²) >= 11 is 12.0. The standard InChI is InChI=1S/C14H20Cl2N2O3S/c1-9(2)10(3)17-13(19)8-18(22(4,20)21)12-7-5-6-11(15)14(12)16/h5-7,9-10H,8H2,1-4H3,(H,17,19). The maximum absolute atomic E-state index is 12.1. The highest BCUT2D eigenvalue weighted by atomic mass is 35.5. The molecule has 1 N–H and O–H groups in total. The molecule has 0 fully saturated rings. The van der Waals surface area contributed by atoms with Gasteiger partial charge in [-0.15, -0.1) is 0 Å². The number of rotatable bonds is 6. The van der Waals surface area contributed by atoms with Crippen molar-refractivity contribution >= 4 is 44.8 Å². The van der Waals surface area contributed by atoms with Crippen molar-refractivity contribution in [2.24, 2.45) is 5.92 Å². The third kappa shape index (κ3) is 5.04. The van der Waals surface area contributed by atoms with E-state index in [-0.39, 0.29) is 34.2 Å². The van der Waals surface area contributed by atoms with E-state index in [0.29, 0.717) is 0 Å². The summed E-state index contributed by atoms with van der Waals surface area (Å²) < 4.78 is 24.9. The van der Waals surface area contributed by atoms with Crippen LogP contribution in [0.4, 0.5) is 5.69 Å². The Balaban J connectivity index is 3.06. The van der Waals surface area contributed by atoms with Crippen LogP contribution in [0.3, 0.4) is 0 Å². The van der Waals surface area contributed by atoms with Crippen molar-refractivity contribution < 1.29 is 13.2 Å². The van der Waals surface area contributed by atoms with Gasteiger partial charge in [0.25, 0.3) is 0 Å². The van der Waals surface area contributed by atoms with Crippen LogP contribution in [0, 0.1) is 5.92 Å². The molecule has 0 heterocycles. The minimum Gasteiger partial charge on any atom is -0.352 e. The Kier molecular flexibility index (Phi) is 6.52. The van der Waals surface area contributed by atoms with E-state index in [4.69, 9.17) is 23.2 Å². The Morgan fingerprint density at radius 2 is 1.86 bits per heavy atom. The first-order valence-electron chi connectivity index (χ1n) is 6.75. The van der Waals surface area contributed by atoms with E-state index in [1.165, 1.54) is 6.07 Å². The van der Waals surface area contributed by atoms with Crippen molar-refractivity contribution in [3.8, 4) is 0 Å². The lowest BCUT2D eigenvalue weighted by molar-refractivity contribution is -0.120. The summed E-state index contributed by atoms with van der Waals surface area (Å²) in [4.78, 5) is 12.1. The fraction of sp³-hybridized carbons (Fsp3) is 0.500. The molecular weight excluding hydrogens is 347 g/mol. The number of nitrogens with one attached hydrogen (secondary N) is 1. The van der Waals surface area contributed by atoms with Crippen molar-refractivity contribution in [3.05, 3.63) is 28.2 Å². The fourth-order valence-corrected chi connectivity index (χ4v) is 2.97. The Hall–Kier alpha value is -0.980. The molecule has 1 aromatic rings. The van der Waals surface area contributed by atoms with Crippen LogP contribution < -0.4 is 9.62 Å². The summed E-state index contributed by atoms with van der Waals surface area (Å²) in [6.45, 7) is 5.44. The molecule has 0 saturated heterocycles. The topological polar surface area (TPSA) is 66.5 Å². The number of hydrogen-bond donors (Lipinski definition) is 1. The van der Waals surface area contributed by atoms with Crippen LogP contribution in [0.5, 0.6) is 0 Å². The lowest BCUT2D eigenvalue weighted by Crippen LogP contribution is -2.44. The molecule has 0 saturated carbocycles. The molecule has 0 bridgehead atoms. The van der Waals surface area contributed by atoms with Gasteiger partial charge in [-0.25, -0.2) is 8.42 Å². The molecular formula is C14H20Cl2N2O3S. The number of carbonyl (C=O) groups excluding carboxylic acids is 1. The highest BCUT2D eigenvalue weighted by molar-refractivity contribution is 7.92. The molecule has 1 rings (SSSR count). The zero-order chi connectivity index (χ0) is 17.1. The number of hydrogen-bond acceptors (Lipinski definition) is 3. The summed E-state index contributed by atoms with van der Waals surface area (Å²) in [7, 11) is -3.68. The third-order valence-corrected chi connectivity index (χ3v) is 5.21. The van der Waals surface area contributed by atoms with E-state index in [0.717, 1.165) is 10.6 Å². The average molecular weight is 367 g/mol. The molecule has 8 heteroatoms. The first kappa shape index (κ1) is 19.1. The molecule has 22 heavy (non-hydrogen) atoms. The molecule has 124 valence electrons. The van der Waals surface area contributed by atoms with Gasteiger partial charge in [0, 0.05) is 6.04 Å². The number of amides is 1. The summed E-state index contributed by atoms with van der Waals surface area (Å²) in [5.41, 5.74) is 0.184. The SMILES string of the molecule is CC(C)C(C)NC(=O)CN(c1cccc(Cl)c1Cl)S(C)(=O)=O. The zero-order valence-electron chi connectivity index (χ0n) is 12.9. The smallest absolute Gasteiger partial charge is 0.240 e. The van der Waals surface area contributed by atoms with Gasteiger partial charge < -0.3 is 5.32 Å². The number of benzene rings is 1. The van der Waals surface area contributed by atoms with Crippen molar-refractivity contribution in [1.82, 2.24) is 5.32 Å². The molecule has 1 unspecified atom stereocenters. The molecule has 1 atom stereocenters. The molecule has 0 aliphatic heterocycles. The number of halogens is 2. The van der Waals surface area contributed by atoms with E-state index in [1.54, 1.807) is 12.1 Å². The Labute approximate surface area is 141 Å². The first-order valence-corrected chi connectivity index (χ1v) is 9.35. The summed E-state index contributed by atoms with van der Waals surface area (Å²) in [6.07, 6.45) is 1.02. The molecule has 1 amide bonds. The normalized spacial score (nSPS) is 13.0. The van der Waals surface area contributed by atoms with E-state index < -0.39 is 15.9 Å². The van der Waals surface area contributed by atoms with Gasteiger partial charge in [0.15, 0.2) is 0 Å². The van der Waals surface area contributed by atoms with E-state index in [9.17, 15) is 13.2 Å². The number of sulfonamides is 1. The number of nitrogens with zero attached hydrogens (tertiary/aromatic N) is 1. The van der Waals surface area contributed by atoms with Gasteiger partial charge in [-0.3, -0.25) is 9.10 Å². The molecule has 1 aromatic carbocycles. The maximum atomic E-state index is 12.1. The molecule has 0 spiro atoms. The maximum Gasteiger partial charge on any atom is 0.240 e. The van der Waals surface area contributed by atoms with Gasteiger partial charge in [0.1, 0.15) is 6.54 Å². The van der Waals surface area contributed by atoms with Crippen molar-refractivity contribution in [1.29, 1.82) is 0 Å². The van der Waals surface area contributed by atoms with Crippen LogP contribution in [0.15, 0.2) is 18.2 Å². The van der Waals surface area contributed by atoms with E-state index in [1.807, 2.05) is 20.8 Å². The predicted molar refractivity (Wildman–Crippen MR) is 91.1 cm³/mol. The third-order valence-electron chi connectivity index (χ3n) is 3.28.